The number of carbonyl (C=O) groups excluding carboxylic acids is 1. The van der Waals surface area contributed by atoms with Gasteiger partial charge in [-0.1, -0.05) is 13.8 Å². The molecule has 5 heteroatoms. The number of hydrogen-bond donors (Lipinski definition) is 1. The van der Waals surface area contributed by atoms with Crippen LogP contribution in [0.4, 0.5) is 0 Å². The van der Waals surface area contributed by atoms with E-state index in [9.17, 15) is 9.59 Å². The molecule has 122 valence electrons. The first-order valence-corrected chi connectivity index (χ1v) is 7.68. The van der Waals surface area contributed by atoms with Gasteiger partial charge in [-0.15, -0.1) is 0 Å². The molecule has 0 unspecified atom stereocenters. The quantitative estimate of drug-likeness (QED) is 0.761. The van der Waals surface area contributed by atoms with Crippen LogP contribution in [0, 0.1) is 5.92 Å². The number of amides is 1. The highest BCUT2D eigenvalue weighted by molar-refractivity contribution is 5.94. The molecule has 0 aliphatic heterocycles. The van der Waals surface area contributed by atoms with Crippen LogP contribution >= 0.6 is 0 Å². The zero-order valence-corrected chi connectivity index (χ0v) is 13.5. The highest BCUT2D eigenvalue weighted by Crippen LogP contribution is 2.15. The van der Waals surface area contributed by atoms with Crippen molar-refractivity contribution in [2.24, 2.45) is 5.92 Å². The highest BCUT2D eigenvalue weighted by atomic mass is 16.5. The van der Waals surface area contributed by atoms with E-state index in [0.717, 1.165) is 12.2 Å². The van der Waals surface area contributed by atoms with Gasteiger partial charge in [-0.2, -0.15) is 0 Å². The molecule has 0 spiro atoms. The van der Waals surface area contributed by atoms with E-state index in [1.165, 1.54) is 4.90 Å². The number of carboxylic acid groups (broad SMARTS) is 1. The van der Waals surface area contributed by atoms with E-state index in [4.69, 9.17) is 9.84 Å². The predicted molar refractivity (Wildman–Crippen MR) is 85.2 cm³/mol. The fourth-order valence-corrected chi connectivity index (χ4v) is 1.92. The third-order valence-corrected chi connectivity index (χ3v) is 3.33. The van der Waals surface area contributed by atoms with Crippen molar-refractivity contribution in [3.8, 4) is 5.75 Å². The first kappa shape index (κ1) is 18.0. The Bertz CT molecular complexity index is 482. The van der Waals surface area contributed by atoms with E-state index in [1.54, 1.807) is 24.3 Å². The van der Waals surface area contributed by atoms with Crippen LogP contribution in [0.25, 0.3) is 0 Å². The molecule has 22 heavy (non-hydrogen) atoms. The van der Waals surface area contributed by atoms with E-state index in [-0.39, 0.29) is 18.9 Å². The lowest BCUT2D eigenvalue weighted by molar-refractivity contribution is -0.137. The number of carboxylic acids is 1. The van der Waals surface area contributed by atoms with Crippen molar-refractivity contribution in [3.63, 3.8) is 0 Å². The molecular formula is C17H25NO4. The summed E-state index contributed by atoms with van der Waals surface area (Å²) < 4.78 is 5.61. The Morgan fingerprint density at radius 3 is 2.36 bits per heavy atom. The molecular weight excluding hydrogens is 282 g/mol. The molecule has 0 aliphatic carbocycles. The first-order valence-electron chi connectivity index (χ1n) is 7.68. The third kappa shape index (κ3) is 6.16. The standard InChI is InChI=1S/C17H25NO4/c1-4-18(11-9-16(19)20)17(21)14-5-7-15(8-6-14)22-12-10-13(2)3/h5-8,13H,4,9-12H2,1-3H3,(H,19,20). The Morgan fingerprint density at radius 2 is 1.86 bits per heavy atom. The maximum Gasteiger partial charge on any atom is 0.305 e. The van der Waals surface area contributed by atoms with Crippen LogP contribution in [0.3, 0.4) is 0 Å². The Morgan fingerprint density at radius 1 is 1.23 bits per heavy atom. The van der Waals surface area contributed by atoms with Crippen molar-refractivity contribution in [1.29, 1.82) is 0 Å². The molecule has 0 aromatic heterocycles. The van der Waals surface area contributed by atoms with Crippen molar-refractivity contribution in [2.75, 3.05) is 19.7 Å². The monoisotopic (exact) mass is 307 g/mol. The van der Waals surface area contributed by atoms with Crippen LogP contribution in [0.5, 0.6) is 5.75 Å². The second-order valence-electron chi connectivity index (χ2n) is 5.58. The molecule has 1 aromatic rings. The molecule has 0 bridgehead atoms. The van der Waals surface area contributed by atoms with Gasteiger partial charge in [0, 0.05) is 18.7 Å². The van der Waals surface area contributed by atoms with Crippen LogP contribution < -0.4 is 4.74 Å². The van der Waals surface area contributed by atoms with Gasteiger partial charge >= 0.3 is 5.97 Å². The first-order chi connectivity index (χ1) is 10.4. The Balaban J connectivity index is 2.60. The van der Waals surface area contributed by atoms with E-state index < -0.39 is 5.97 Å². The number of benzene rings is 1. The Hall–Kier alpha value is -2.04. The van der Waals surface area contributed by atoms with Crippen LogP contribution in [0.15, 0.2) is 24.3 Å². The molecule has 0 aliphatic rings. The topological polar surface area (TPSA) is 66.8 Å². The molecule has 1 aromatic carbocycles. The van der Waals surface area contributed by atoms with Gasteiger partial charge in [0.1, 0.15) is 5.75 Å². The van der Waals surface area contributed by atoms with Crippen molar-refractivity contribution in [2.45, 2.75) is 33.6 Å². The fraction of sp³-hybridized carbons (Fsp3) is 0.529. The minimum atomic E-state index is -0.903. The highest BCUT2D eigenvalue weighted by Gasteiger charge is 2.15. The van der Waals surface area contributed by atoms with Crippen LogP contribution in [0.1, 0.15) is 44.0 Å². The molecule has 5 nitrogen and oxygen atoms in total. The summed E-state index contributed by atoms with van der Waals surface area (Å²) in [4.78, 5) is 24.4. The second-order valence-corrected chi connectivity index (χ2v) is 5.58. The molecule has 0 atom stereocenters. The lowest BCUT2D eigenvalue weighted by Crippen LogP contribution is -2.32. The van der Waals surface area contributed by atoms with Gasteiger partial charge in [-0.3, -0.25) is 9.59 Å². The minimum Gasteiger partial charge on any atom is -0.494 e. The number of ether oxygens (including phenoxy) is 1. The molecule has 1 N–H and O–H groups in total. The molecule has 0 heterocycles. The average Bonchev–Trinajstić information content (AvgIpc) is 2.47. The van der Waals surface area contributed by atoms with Crippen molar-refractivity contribution in [1.82, 2.24) is 4.90 Å². The van der Waals surface area contributed by atoms with Crippen LogP contribution in [-0.2, 0) is 4.79 Å². The number of nitrogens with zero attached hydrogens (tertiary/aromatic N) is 1. The maximum atomic E-state index is 12.3. The molecule has 0 saturated heterocycles. The zero-order valence-electron chi connectivity index (χ0n) is 13.5. The van der Waals surface area contributed by atoms with Crippen molar-refractivity contribution < 1.29 is 19.4 Å². The van der Waals surface area contributed by atoms with Crippen molar-refractivity contribution >= 4 is 11.9 Å². The number of aliphatic carboxylic acids is 1. The zero-order chi connectivity index (χ0) is 16.5. The van der Waals surface area contributed by atoms with E-state index in [1.807, 2.05) is 6.92 Å². The van der Waals surface area contributed by atoms with E-state index in [2.05, 4.69) is 13.8 Å². The normalized spacial score (nSPS) is 10.5. The number of rotatable bonds is 9. The average molecular weight is 307 g/mol. The lowest BCUT2D eigenvalue weighted by atomic mass is 10.1. The molecule has 1 amide bonds. The van der Waals surface area contributed by atoms with Crippen LogP contribution in [-0.4, -0.2) is 41.6 Å². The second kappa shape index (κ2) is 9.07. The maximum absolute atomic E-state index is 12.3. The Kier molecular flexibility index (Phi) is 7.43. The number of carbonyl (C=O) groups is 2. The summed E-state index contributed by atoms with van der Waals surface area (Å²) >= 11 is 0. The summed E-state index contributed by atoms with van der Waals surface area (Å²) in [6, 6.07) is 6.99. The van der Waals surface area contributed by atoms with Gasteiger partial charge in [0.15, 0.2) is 0 Å². The predicted octanol–water partition coefficient (Wildman–Crippen LogP) is 3.05. The van der Waals surface area contributed by atoms with E-state index >= 15 is 0 Å². The van der Waals surface area contributed by atoms with Crippen LogP contribution in [0.2, 0.25) is 0 Å². The van der Waals surface area contributed by atoms with Gasteiger partial charge in [0.25, 0.3) is 5.91 Å². The third-order valence-electron chi connectivity index (χ3n) is 3.33. The summed E-state index contributed by atoms with van der Waals surface area (Å²) in [6.07, 6.45) is 0.940. The van der Waals surface area contributed by atoms with Gasteiger partial charge < -0.3 is 14.7 Å². The summed E-state index contributed by atoms with van der Waals surface area (Å²) in [7, 11) is 0. The molecule has 0 saturated carbocycles. The van der Waals surface area contributed by atoms with Gasteiger partial charge in [-0.05, 0) is 43.5 Å². The Labute approximate surface area is 131 Å². The number of hydrogen-bond acceptors (Lipinski definition) is 3. The summed E-state index contributed by atoms with van der Waals surface area (Å²) in [5.41, 5.74) is 0.545. The van der Waals surface area contributed by atoms with Crippen molar-refractivity contribution in [3.05, 3.63) is 29.8 Å². The van der Waals surface area contributed by atoms with E-state index in [0.29, 0.717) is 24.6 Å². The molecule has 1 rings (SSSR count). The summed E-state index contributed by atoms with van der Waals surface area (Å²) in [5.74, 6) is 0.275. The largest absolute Gasteiger partial charge is 0.494 e. The minimum absolute atomic E-state index is 0.0457. The summed E-state index contributed by atoms with van der Waals surface area (Å²) in [6.45, 7) is 7.48. The lowest BCUT2D eigenvalue weighted by Gasteiger charge is -2.20. The van der Waals surface area contributed by atoms with Gasteiger partial charge in [0.2, 0.25) is 0 Å². The SMILES string of the molecule is CCN(CCC(=O)O)C(=O)c1ccc(OCCC(C)C)cc1. The van der Waals surface area contributed by atoms with Gasteiger partial charge in [0.05, 0.1) is 13.0 Å². The fourth-order valence-electron chi connectivity index (χ4n) is 1.92. The molecule has 0 radical (unpaired) electrons. The summed E-state index contributed by atoms with van der Waals surface area (Å²) in [5, 5.41) is 8.71. The smallest absolute Gasteiger partial charge is 0.305 e. The molecule has 0 fully saturated rings. The van der Waals surface area contributed by atoms with Gasteiger partial charge in [-0.25, -0.2) is 0 Å².